The van der Waals surface area contributed by atoms with Crippen molar-refractivity contribution in [1.29, 1.82) is 0 Å². The number of fused-ring (bicyclic) bond motifs is 5. The van der Waals surface area contributed by atoms with E-state index < -0.39 is 17.5 Å². The Morgan fingerprint density at radius 3 is 2.94 bits per heavy atom. The number of aliphatic hydroxyl groups is 1. The van der Waals surface area contributed by atoms with Crippen LogP contribution < -0.4 is 5.56 Å². The van der Waals surface area contributed by atoms with Gasteiger partial charge in [0, 0.05) is 35.4 Å². The molecule has 0 spiro atoms. The minimum atomic E-state index is -2.09. The van der Waals surface area contributed by atoms with Crippen LogP contribution in [0.1, 0.15) is 35.6 Å². The van der Waals surface area contributed by atoms with Crippen LogP contribution in [0.3, 0.4) is 0 Å². The highest BCUT2D eigenvalue weighted by Gasteiger charge is 2.46. The molecule has 1 aromatic carbocycles. The summed E-state index contributed by atoms with van der Waals surface area (Å²) in [5, 5.41) is 12.1. The first-order chi connectivity index (χ1) is 15.3. The van der Waals surface area contributed by atoms with Gasteiger partial charge < -0.3 is 19.1 Å². The Hall–Kier alpha value is -3.78. The van der Waals surface area contributed by atoms with Gasteiger partial charge in [-0.3, -0.25) is 9.59 Å². The summed E-state index contributed by atoms with van der Waals surface area (Å²) >= 11 is 0. The Bertz CT molecular complexity index is 1390. The van der Waals surface area contributed by atoms with Crippen molar-refractivity contribution in [3.05, 3.63) is 69.5 Å². The molecule has 8 heteroatoms. The Balaban J connectivity index is 1.69. The van der Waals surface area contributed by atoms with Gasteiger partial charge in [-0.25, -0.2) is 9.78 Å². The lowest BCUT2D eigenvalue weighted by molar-refractivity contribution is -0.175. The normalized spacial score (nSPS) is 18.5. The summed E-state index contributed by atoms with van der Waals surface area (Å²) in [6.45, 7) is 4.99. The number of cyclic esters (lactones) is 1. The van der Waals surface area contributed by atoms with Crippen molar-refractivity contribution in [2.24, 2.45) is 0 Å². The second-order valence-electron chi connectivity index (χ2n) is 7.96. The average Bonchev–Trinajstić information content (AvgIpc) is 3.12. The van der Waals surface area contributed by atoms with Crippen molar-refractivity contribution in [2.45, 2.75) is 32.1 Å². The lowest BCUT2D eigenvalue weighted by atomic mass is 9.85. The minimum Gasteiger partial charge on any atom is -0.466 e. The van der Waals surface area contributed by atoms with Gasteiger partial charge in [0.15, 0.2) is 5.60 Å². The molecule has 1 N–H and O–H groups in total. The highest BCUT2D eigenvalue weighted by Crippen LogP contribution is 2.39. The maximum Gasteiger partial charge on any atom is 0.343 e. The number of carbonyl (C=O) groups is 2. The second-order valence-corrected chi connectivity index (χ2v) is 7.96. The lowest BCUT2D eigenvalue weighted by Crippen LogP contribution is -2.45. The SMILES string of the molecule is C=Cc1cccc2cc3c(nc12)-c1cc2c(c(=O)n1C3)COC(=O)[C@]2(O)CCOC(C)=O. The van der Waals surface area contributed by atoms with Gasteiger partial charge in [0.25, 0.3) is 5.56 Å². The molecule has 0 saturated heterocycles. The molecule has 2 aromatic heterocycles. The van der Waals surface area contributed by atoms with E-state index in [9.17, 15) is 19.5 Å². The summed E-state index contributed by atoms with van der Waals surface area (Å²) in [4.78, 5) is 41.8. The Kier molecular flexibility index (Phi) is 4.49. The van der Waals surface area contributed by atoms with Crippen LogP contribution in [0.25, 0.3) is 28.4 Å². The van der Waals surface area contributed by atoms with Gasteiger partial charge in [-0.15, -0.1) is 0 Å². The van der Waals surface area contributed by atoms with Crippen molar-refractivity contribution in [2.75, 3.05) is 6.61 Å². The predicted molar refractivity (Wildman–Crippen MR) is 116 cm³/mol. The van der Waals surface area contributed by atoms with Crippen molar-refractivity contribution < 1.29 is 24.2 Å². The van der Waals surface area contributed by atoms with Crippen LogP contribution in [0.2, 0.25) is 0 Å². The van der Waals surface area contributed by atoms with Crippen LogP contribution in [0.15, 0.2) is 41.7 Å². The Morgan fingerprint density at radius 1 is 1.38 bits per heavy atom. The zero-order chi connectivity index (χ0) is 22.6. The highest BCUT2D eigenvalue weighted by atomic mass is 16.6. The molecule has 0 radical (unpaired) electrons. The van der Waals surface area contributed by atoms with E-state index in [2.05, 4.69) is 6.58 Å². The standard InChI is InChI=1S/C24H20N2O6/c1-3-14-5-4-6-15-9-16-11-26-19(21(16)25-20(14)15)10-18-17(22(26)28)12-32-23(29)24(18,30)7-8-31-13(2)27/h3-6,9-10,30H,1,7-8,11-12H2,2H3/t24-/m0/s1. The molecule has 0 fully saturated rings. The van der Waals surface area contributed by atoms with Gasteiger partial charge in [-0.05, 0) is 12.1 Å². The topological polar surface area (TPSA) is 108 Å². The molecule has 5 rings (SSSR count). The molecule has 4 heterocycles. The predicted octanol–water partition coefficient (Wildman–Crippen LogP) is 2.27. The van der Waals surface area contributed by atoms with Gasteiger partial charge >= 0.3 is 11.9 Å². The van der Waals surface area contributed by atoms with Gasteiger partial charge in [0.1, 0.15) is 6.61 Å². The molecular weight excluding hydrogens is 412 g/mol. The van der Waals surface area contributed by atoms with E-state index in [-0.39, 0.29) is 36.3 Å². The summed E-state index contributed by atoms with van der Waals surface area (Å²) in [6.07, 6.45) is 1.50. The van der Waals surface area contributed by atoms with Gasteiger partial charge in [-0.1, -0.05) is 30.9 Å². The first kappa shape index (κ1) is 20.1. The average molecular weight is 432 g/mol. The molecule has 3 aromatic rings. The number of hydrogen-bond acceptors (Lipinski definition) is 7. The number of ether oxygens (including phenoxy) is 2. The number of carbonyl (C=O) groups excluding carboxylic acids is 2. The summed E-state index contributed by atoms with van der Waals surface area (Å²) in [5.41, 5.74) is 1.57. The first-order valence-electron chi connectivity index (χ1n) is 10.2. The van der Waals surface area contributed by atoms with Crippen molar-refractivity contribution >= 4 is 28.9 Å². The number of nitrogens with zero attached hydrogens (tertiary/aromatic N) is 2. The monoisotopic (exact) mass is 432 g/mol. The Morgan fingerprint density at radius 2 is 2.19 bits per heavy atom. The van der Waals surface area contributed by atoms with Crippen LogP contribution in [0.5, 0.6) is 0 Å². The van der Waals surface area contributed by atoms with Gasteiger partial charge in [0.2, 0.25) is 0 Å². The molecule has 0 saturated carbocycles. The maximum atomic E-state index is 13.3. The molecule has 0 unspecified atom stereocenters. The lowest BCUT2D eigenvalue weighted by Gasteiger charge is -2.32. The first-order valence-corrected chi connectivity index (χ1v) is 10.2. The Labute approximate surface area is 182 Å². The molecule has 2 aliphatic heterocycles. The number of pyridine rings is 2. The smallest absolute Gasteiger partial charge is 0.343 e. The molecular formula is C24H20N2O6. The van der Waals surface area contributed by atoms with Crippen LogP contribution in [0, 0.1) is 0 Å². The van der Waals surface area contributed by atoms with E-state index in [4.69, 9.17) is 14.5 Å². The van der Waals surface area contributed by atoms with E-state index in [1.165, 1.54) is 6.92 Å². The molecule has 0 amide bonds. The summed E-state index contributed by atoms with van der Waals surface area (Å²) in [6, 6.07) is 9.41. The zero-order valence-corrected chi connectivity index (χ0v) is 17.4. The van der Waals surface area contributed by atoms with Crippen LogP contribution in [-0.2, 0) is 37.8 Å². The molecule has 0 bridgehead atoms. The van der Waals surface area contributed by atoms with E-state index >= 15 is 0 Å². The van der Waals surface area contributed by atoms with E-state index in [1.807, 2.05) is 24.3 Å². The van der Waals surface area contributed by atoms with Crippen LogP contribution in [0.4, 0.5) is 0 Å². The summed E-state index contributed by atoms with van der Waals surface area (Å²) in [5.74, 6) is -1.41. The fraction of sp³-hybridized carbons (Fsp3) is 0.250. The van der Waals surface area contributed by atoms with Crippen molar-refractivity contribution in [3.63, 3.8) is 0 Å². The van der Waals surface area contributed by atoms with E-state index in [1.54, 1.807) is 16.7 Å². The summed E-state index contributed by atoms with van der Waals surface area (Å²) in [7, 11) is 0. The molecule has 32 heavy (non-hydrogen) atoms. The van der Waals surface area contributed by atoms with Crippen LogP contribution in [-0.4, -0.2) is 33.2 Å². The van der Waals surface area contributed by atoms with E-state index in [0.717, 1.165) is 22.0 Å². The minimum absolute atomic E-state index is 0.170. The third kappa shape index (κ3) is 2.87. The summed E-state index contributed by atoms with van der Waals surface area (Å²) < 4.78 is 11.6. The quantitative estimate of drug-likeness (QED) is 0.493. The van der Waals surface area contributed by atoms with E-state index in [0.29, 0.717) is 17.9 Å². The third-order valence-corrected chi connectivity index (χ3v) is 6.05. The number of rotatable bonds is 4. The van der Waals surface area contributed by atoms with Gasteiger partial charge in [0.05, 0.1) is 35.6 Å². The molecule has 2 aliphatic rings. The van der Waals surface area contributed by atoms with Gasteiger partial charge in [-0.2, -0.15) is 0 Å². The molecule has 1 atom stereocenters. The molecule has 8 nitrogen and oxygen atoms in total. The number of aromatic nitrogens is 2. The van der Waals surface area contributed by atoms with Crippen LogP contribution >= 0.6 is 0 Å². The fourth-order valence-electron chi connectivity index (χ4n) is 4.44. The third-order valence-electron chi connectivity index (χ3n) is 6.05. The number of hydrogen-bond donors (Lipinski definition) is 1. The zero-order valence-electron chi connectivity index (χ0n) is 17.4. The van der Waals surface area contributed by atoms with Crippen molar-refractivity contribution in [1.82, 2.24) is 9.55 Å². The highest BCUT2D eigenvalue weighted by molar-refractivity contribution is 5.90. The van der Waals surface area contributed by atoms with Crippen molar-refractivity contribution in [3.8, 4) is 11.4 Å². The fourth-order valence-corrected chi connectivity index (χ4v) is 4.44. The largest absolute Gasteiger partial charge is 0.466 e. The molecule has 162 valence electrons. The number of benzene rings is 1. The maximum absolute atomic E-state index is 13.3. The number of para-hydroxylation sites is 1. The number of esters is 2. The molecule has 0 aliphatic carbocycles. The second kappa shape index (κ2) is 7.13.